The minimum absolute atomic E-state index is 0.536. The molecule has 83 heavy (non-hydrogen) atoms. The molecule has 2 aliphatic carbocycles. The van der Waals surface area contributed by atoms with Gasteiger partial charge in [-0.15, -0.1) is 0 Å². The van der Waals surface area contributed by atoms with E-state index in [2.05, 4.69) is 314 Å². The predicted molar refractivity (Wildman–Crippen MR) is 338 cm³/mol. The van der Waals surface area contributed by atoms with Crippen LogP contribution in [-0.4, -0.2) is 0 Å². The van der Waals surface area contributed by atoms with E-state index in [0.717, 1.165) is 95.7 Å². The van der Waals surface area contributed by atoms with Gasteiger partial charge in [0.2, 0.25) is 0 Å². The van der Waals surface area contributed by atoms with Crippen molar-refractivity contribution in [3.8, 4) is 89.8 Å². The molecule has 13 aromatic rings. The van der Waals surface area contributed by atoms with Crippen LogP contribution in [0.3, 0.4) is 0 Å². The van der Waals surface area contributed by atoms with Crippen molar-refractivity contribution in [3.63, 3.8) is 0 Å². The zero-order valence-electron chi connectivity index (χ0n) is 45.2. The van der Waals surface area contributed by atoms with Crippen LogP contribution < -0.4 is 14.4 Å². The van der Waals surface area contributed by atoms with E-state index in [4.69, 9.17) is 9.47 Å². The number of benzene rings is 13. The number of hydrogen-bond acceptors (Lipinski definition) is 3. The van der Waals surface area contributed by atoms with E-state index in [0.29, 0.717) is 0 Å². The number of fused-ring (bicyclic) bond motifs is 18. The van der Waals surface area contributed by atoms with Crippen molar-refractivity contribution in [2.45, 2.75) is 10.8 Å². The maximum absolute atomic E-state index is 6.71. The number of anilines is 3. The van der Waals surface area contributed by atoms with Crippen molar-refractivity contribution in [2.75, 3.05) is 4.90 Å². The molecule has 2 heterocycles. The van der Waals surface area contributed by atoms with Crippen LogP contribution >= 0.6 is 0 Å². The molecular formula is C80H51NO2. The van der Waals surface area contributed by atoms with E-state index in [1.54, 1.807) is 0 Å². The summed E-state index contributed by atoms with van der Waals surface area (Å²) in [5, 5.41) is 0. The highest BCUT2D eigenvalue weighted by molar-refractivity contribution is 5.95. The fourth-order valence-electron chi connectivity index (χ4n) is 14.5. The molecule has 0 saturated carbocycles. The quantitative estimate of drug-likeness (QED) is 0.159. The Labute approximate surface area is 483 Å². The minimum atomic E-state index is -0.577. The van der Waals surface area contributed by atoms with Gasteiger partial charge < -0.3 is 14.4 Å². The summed E-state index contributed by atoms with van der Waals surface area (Å²) < 4.78 is 13.4. The van der Waals surface area contributed by atoms with E-state index in [1.165, 1.54) is 55.6 Å². The van der Waals surface area contributed by atoms with Gasteiger partial charge in [0.1, 0.15) is 23.0 Å². The monoisotopic (exact) mass is 1060 g/mol. The maximum atomic E-state index is 6.71. The van der Waals surface area contributed by atoms with Crippen molar-refractivity contribution in [2.24, 2.45) is 0 Å². The number of rotatable bonds is 7. The summed E-state index contributed by atoms with van der Waals surface area (Å²) >= 11 is 0. The van der Waals surface area contributed by atoms with Gasteiger partial charge in [-0.05, 0) is 150 Å². The molecule has 0 bridgehead atoms. The number of hydrogen-bond donors (Lipinski definition) is 0. The van der Waals surface area contributed by atoms with Crippen LogP contribution in [0.1, 0.15) is 44.5 Å². The van der Waals surface area contributed by atoms with Gasteiger partial charge in [0.15, 0.2) is 0 Å². The Hall–Kier alpha value is -10.7. The van der Waals surface area contributed by atoms with Gasteiger partial charge in [0.25, 0.3) is 0 Å². The minimum Gasteiger partial charge on any atom is -0.457 e. The third-order valence-electron chi connectivity index (χ3n) is 18.0. The van der Waals surface area contributed by atoms with Crippen LogP contribution in [0.15, 0.2) is 309 Å². The molecule has 0 unspecified atom stereocenters. The lowest BCUT2D eigenvalue weighted by Crippen LogP contribution is -2.32. The summed E-state index contributed by atoms with van der Waals surface area (Å²) in [7, 11) is 0. The Kier molecular flexibility index (Phi) is 10.4. The largest absolute Gasteiger partial charge is 0.457 e. The van der Waals surface area contributed by atoms with Gasteiger partial charge in [0.05, 0.1) is 16.5 Å². The summed E-state index contributed by atoms with van der Waals surface area (Å²) in [4.78, 5) is 2.46. The highest BCUT2D eigenvalue weighted by Crippen LogP contribution is 2.64. The predicted octanol–water partition coefficient (Wildman–Crippen LogP) is 20.8. The van der Waals surface area contributed by atoms with Crippen LogP contribution in [0.4, 0.5) is 17.1 Å². The first kappa shape index (κ1) is 47.1. The average Bonchev–Trinajstić information content (AvgIpc) is 1.67. The molecule has 0 N–H and O–H groups in total. The first-order valence-electron chi connectivity index (χ1n) is 28.6. The molecule has 388 valence electrons. The van der Waals surface area contributed by atoms with Gasteiger partial charge in [-0.3, -0.25) is 0 Å². The molecule has 0 aromatic heterocycles. The van der Waals surface area contributed by atoms with Crippen LogP contribution in [0.25, 0.3) is 66.8 Å². The standard InChI is InChI=1S/C80H51NO2/c1-2-20-52(21-3-1)53-40-42-54(43-41-53)61-26-6-13-35-74(61)81(59-24-18-22-55(48-59)57-45-47-68-65(50-57)63-28-5-8-30-67(63)79(68)69-31-9-14-36-75(69)82-76-37-15-10-32-70(76)79)60-25-19-23-56(49-60)58-44-46-64-62-27-4-7-29-66(62)80(73(64)51-58)71-33-11-16-38-77(71)83-78-39-17-12-34-72(78)80/h1-51H. The lowest BCUT2D eigenvalue weighted by molar-refractivity contribution is 0.436. The number of nitrogens with zero attached hydrogens (tertiary/aromatic N) is 1. The zero-order valence-corrected chi connectivity index (χ0v) is 45.2. The van der Waals surface area contributed by atoms with E-state index >= 15 is 0 Å². The first-order valence-corrected chi connectivity index (χ1v) is 28.6. The topological polar surface area (TPSA) is 21.7 Å². The summed E-state index contributed by atoms with van der Waals surface area (Å²) in [6.07, 6.45) is 0. The second kappa shape index (κ2) is 18.4. The fraction of sp³-hybridized carbons (Fsp3) is 0.0250. The van der Waals surface area contributed by atoms with Gasteiger partial charge in [-0.2, -0.15) is 0 Å². The van der Waals surface area contributed by atoms with Crippen LogP contribution in [-0.2, 0) is 10.8 Å². The molecule has 2 spiro atoms. The molecule has 0 atom stereocenters. The van der Waals surface area contributed by atoms with Crippen molar-refractivity contribution in [1.82, 2.24) is 0 Å². The SMILES string of the molecule is c1ccc(-c2ccc(-c3ccccc3N(c3cccc(-c4ccc5c(c4)-c4ccccc4C54c5ccccc5Oc5ccccc54)c3)c3cccc(-c4ccc5c(c4)C4(c6ccccc6Oc6ccccc64)c4ccccc4-5)c3)cc2)cc1. The summed E-state index contributed by atoms with van der Waals surface area (Å²) in [6, 6.07) is 113. The Bertz CT molecular complexity index is 4670. The molecule has 17 rings (SSSR count). The molecule has 13 aromatic carbocycles. The van der Waals surface area contributed by atoms with Crippen molar-refractivity contribution in [1.29, 1.82) is 0 Å². The lowest BCUT2D eigenvalue weighted by Gasteiger charge is -2.39. The van der Waals surface area contributed by atoms with Crippen LogP contribution in [0.2, 0.25) is 0 Å². The van der Waals surface area contributed by atoms with E-state index in [-0.39, 0.29) is 0 Å². The highest BCUT2D eigenvalue weighted by atomic mass is 16.5. The van der Waals surface area contributed by atoms with Gasteiger partial charge >= 0.3 is 0 Å². The van der Waals surface area contributed by atoms with E-state index in [9.17, 15) is 0 Å². The number of ether oxygens (including phenoxy) is 2. The Balaban J connectivity index is 0.831. The average molecular weight is 1060 g/mol. The highest BCUT2D eigenvalue weighted by Gasteiger charge is 2.52. The third kappa shape index (κ3) is 6.92. The second-order valence-corrected chi connectivity index (χ2v) is 22.2. The van der Waals surface area contributed by atoms with Gasteiger partial charge in [0, 0.05) is 39.2 Å². The molecule has 0 saturated heterocycles. The molecule has 4 aliphatic rings. The van der Waals surface area contributed by atoms with Crippen molar-refractivity contribution >= 4 is 17.1 Å². The summed E-state index contributed by atoms with van der Waals surface area (Å²) in [5.74, 6) is 3.56. The summed E-state index contributed by atoms with van der Waals surface area (Å²) in [5.41, 5.74) is 25.9. The van der Waals surface area contributed by atoms with Crippen LogP contribution in [0.5, 0.6) is 23.0 Å². The van der Waals surface area contributed by atoms with E-state index in [1.807, 2.05) is 0 Å². The molecule has 0 amide bonds. The van der Waals surface area contributed by atoms with Crippen LogP contribution in [0, 0.1) is 0 Å². The van der Waals surface area contributed by atoms with Crippen molar-refractivity contribution < 1.29 is 9.47 Å². The fourth-order valence-corrected chi connectivity index (χ4v) is 14.5. The molecule has 3 nitrogen and oxygen atoms in total. The molecule has 2 aliphatic heterocycles. The van der Waals surface area contributed by atoms with Gasteiger partial charge in [-0.25, -0.2) is 0 Å². The van der Waals surface area contributed by atoms with Crippen molar-refractivity contribution in [3.05, 3.63) is 354 Å². The Morgan fingerprint density at radius 1 is 0.205 bits per heavy atom. The molecule has 0 fully saturated rings. The lowest BCUT2D eigenvalue weighted by atomic mass is 9.66. The van der Waals surface area contributed by atoms with E-state index < -0.39 is 10.8 Å². The molecule has 0 radical (unpaired) electrons. The molecular weight excluding hydrogens is 1010 g/mol. The molecule has 3 heteroatoms. The Morgan fingerprint density at radius 2 is 0.566 bits per heavy atom. The Morgan fingerprint density at radius 3 is 1.13 bits per heavy atom. The zero-order chi connectivity index (χ0) is 54.6. The smallest absolute Gasteiger partial charge is 0.132 e. The normalized spacial score (nSPS) is 13.7. The first-order chi connectivity index (χ1) is 41.1. The summed E-state index contributed by atoms with van der Waals surface area (Å²) in [6.45, 7) is 0. The second-order valence-electron chi connectivity index (χ2n) is 22.2. The maximum Gasteiger partial charge on any atom is 0.132 e. The van der Waals surface area contributed by atoms with Gasteiger partial charge in [-0.1, -0.05) is 243 Å². The third-order valence-corrected chi connectivity index (χ3v) is 18.0. The number of para-hydroxylation sites is 5.